The van der Waals surface area contributed by atoms with Gasteiger partial charge in [-0.25, -0.2) is 13.6 Å². The zero-order valence-electron chi connectivity index (χ0n) is 11.0. The molecule has 2 aliphatic rings. The third kappa shape index (κ3) is 3.78. The van der Waals surface area contributed by atoms with Crippen molar-refractivity contribution in [2.75, 3.05) is 13.1 Å². The fourth-order valence-electron chi connectivity index (χ4n) is 3.01. The van der Waals surface area contributed by atoms with Crippen LogP contribution in [0.25, 0.3) is 0 Å². The monoisotopic (exact) mass is 276 g/mol. The largest absolute Gasteiger partial charge is 0.393 e. The first-order chi connectivity index (χ1) is 8.99. The van der Waals surface area contributed by atoms with Gasteiger partial charge >= 0.3 is 6.03 Å². The van der Waals surface area contributed by atoms with E-state index in [0.29, 0.717) is 19.4 Å². The third-order valence-electron chi connectivity index (χ3n) is 4.31. The van der Waals surface area contributed by atoms with Gasteiger partial charge in [-0.1, -0.05) is 6.42 Å². The SMILES string of the molecule is O=C(NCC1CCCC1(F)F)NC[C@H]1CCC[C@@H]1O. The van der Waals surface area contributed by atoms with Gasteiger partial charge in [-0.2, -0.15) is 0 Å². The van der Waals surface area contributed by atoms with E-state index in [-0.39, 0.29) is 25.0 Å². The maximum atomic E-state index is 13.3. The van der Waals surface area contributed by atoms with E-state index in [1.807, 2.05) is 0 Å². The minimum atomic E-state index is -2.64. The van der Waals surface area contributed by atoms with Gasteiger partial charge in [-0.15, -0.1) is 0 Å². The summed E-state index contributed by atoms with van der Waals surface area (Å²) in [6.07, 6.45) is 3.23. The van der Waals surface area contributed by atoms with Gasteiger partial charge in [0, 0.05) is 31.3 Å². The van der Waals surface area contributed by atoms with Crippen LogP contribution < -0.4 is 10.6 Å². The van der Waals surface area contributed by atoms with Gasteiger partial charge in [0.05, 0.1) is 6.10 Å². The van der Waals surface area contributed by atoms with Gasteiger partial charge in [-0.05, 0) is 25.7 Å². The number of hydrogen-bond acceptors (Lipinski definition) is 2. The number of alkyl halides is 2. The van der Waals surface area contributed by atoms with Gasteiger partial charge in [0.25, 0.3) is 5.92 Å². The Bertz CT molecular complexity index is 326. The summed E-state index contributed by atoms with van der Waals surface area (Å²) in [5.74, 6) is -3.29. The topological polar surface area (TPSA) is 61.4 Å². The zero-order chi connectivity index (χ0) is 13.9. The Kier molecular flexibility index (Phi) is 4.60. The molecule has 2 rings (SSSR count). The van der Waals surface area contributed by atoms with Crippen molar-refractivity contribution in [1.29, 1.82) is 0 Å². The summed E-state index contributed by atoms with van der Waals surface area (Å²) in [5, 5.41) is 14.8. The Hall–Kier alpha value is -0.910. The molecule has 0 aromatic rings. The fourth-order valence-corrected chi connectivity index (χ4v) is 3.01. The highest BCUT2D eigenvalue weighted by Crippen LogP contribution is 2.39. The lowest BCUT2D eigenvalue weighted by molar-refractivity contribution is -0.0349. The minimum Gasteiger partial charge on any atom is -0.393 e. The lowest BCUT2D eigenvalue weighted by Crippen LogP contribution is -2.43. The Balaban J connectivity index is 1.64. The molecule has 0 saturated heterocycles. The number of nitrogens with one attached hydrogen (secondary N) is 2. The molecule has 19 heavy (non-hydrogen) atoms. The van der Waals surface area contributed by atoms with Crippen molar-refractivity contribution in [2.45, 2.75) is 50.6 Å². The number of hydrogen-bond donors (Lipinski definition) is 3. The highest BCUT2D eigenvalue weighted by molar-refractivity contribution is 5.73. The molecule has 2 saturated carbocycles. The van der Waals surface area contributed by atoms with Gasteiger partial charge in [0.15, 0.2) is 0 Å². The number of amides is 2. The van der Waals surface area contributed by atoms with Crippen LogP contribution >= 0.6 is 0 Å². The lowest BCUT2D eigenvalue weighted by Gasteiger charge is -2.20. The van der Waals surface area contributed by atoms with E-state index in [2.05, 4.69) is 10.6 Å². The Morgan fingerprint density at radius 3 is 2.47 bits per heavy atom. The van der Waals surface area contributed by atoms with Crippen LogP contribution in [0.2, 0.25) is 0 Å². The van der Waals surface area contributed by atoms with E-state index in [9.17, 15) is 18.7 Å². The standard InChI is InChI=1S/C13H22F2N2O2/c14-13(15)6-2-4-10(13)8-17-12(19)16-7-9-3-1-5-11(9)18/h9-11,18H,1-8H2,(H2,16,17,19)/t9-,10?,11+/m1/s1. The van der Waals surface area contributed by atoms with E-state index in [1.165, 1.54) is 0 Å². The zero-order valence-corrected chi connectivity index (χ0v) is 11.0. The van der Waals surface area contributed by atoms with Crippen molar-refractivity contribution in [3.63, 3.8) is 0 Å². The normalized spacial score (nSPS) is 33.3. The van der Waals surface area contributed by atoms with Gasteiger partial charge in [-0.3, -0.25) is 0 Å². The molecule has 2 fully saturated rings. The second kappa shape index (κ2) is 6.03. The maximum Gasteiger partial charge on any atom is 0.314 e. The average molecular weight is 276 g/mol. The number of aliphatic hydroxyl groups is 1. The number of aliphatic hydroxyl groups excluding tert-OH is 1. The van der Waals surface area contributed by atoms with E-state index >= 15 is 0 Å². The predicted octanol–water partition coefficient (Wildman–Crippen LogP) is 1.88. The van der Waals surface area contributed by atoms with Gasteiger partial charge in [0.2, 0.25) is 0 Å². The van der Waals surface area contributed by atoms with Crippen LogP contribution in [0.3, 0.4) is 0 Å². The molecule has 110 valence electrons. The van der Waals surface area contributed by atoms with E-state index in [4.69, 9.17) is 0 Å². The molecule has 0 aliphatic heterocycles. The molecular weight excluding hydrogens is 254 g/mol. The van der Waals surface area contributed by atoms with Crippen LogP contribution in [0.1, 0.15) is 38.5 Å². The molecular formula is C13H22F2N2O2. The Morgan fingerprint density at radius 1 is 1.16 bits per heavy atom. The van der Waals surface area contributed by atoms with Crippen molar-refractivity contribution < 1.29 is 18.7 Å². The molecule has 3 atom stereocenters. The predicted molar refractivity (Wildman–Crippen MR) is 67.0 cm³/mol. The number of carbonyl (C=O) groups is 1. The number of urea groups is 1. The molecule has 4 nitrogen and oxygen atoms in total. The summed E-state index contributed by atoms with van der Waals surface area (Å²) in [4.78, 5) is 11.5. The number of rotatable bonds is 4. The van der Waals surface area contributed by atoms with Gasteiger partial charge < -0.3 is 15.7 Å². The first-order valence-corrected chi connectivity index (χ1v) is 7.06. The van der Waals surface area contributed by atoms with Crippen LogP contribution in [-0.4, -0.2) is 36.3 Å². The molecule has 0 spiro atoms. The fraction of sp³-hybridized carbons (Fsp3) is 0.923. The molecule has 0 aromatic heterocycles. The Morgan fingerprint density at radius 2 is 1.89 bits per heavy atom. The average Bonchev–Trinajstić information content (AvgIpc) is 2.90. The number of halogens is 2. The third-order valence-corrected chi connectivity index (χ3v) is 4.31. The summed E-state index contributed by atoms with van der Waals surface area (Å²) in [5.41, 5.74) is 0. The summed E-state index contributed by atoms with van der Waals surface area (Å²) >= 11 is 0. The highest BCUT2D eigenvalue weighted by atomic mass is 19.3. The highest BCUT2D eigenvalue weighted by Gasteiger charge is 2.43. The summed E-state index contributed by atoms with van der Waals surface area (Å²) < 4.78 is 26.7. The Labute approximate surface area is 111 Å². The molecule has 3 N–H and O–H groups in total. The van der Waals surface area contributed by atoms with Crippen molar-refractivity contribution in [2.24, 2.45) is 11.8 Å². The van der Waals surface area contributed by atoms with Crippen LogP contribution in [0, 0.1) is 11.8 Å². The molecule has 0 bridgehead atoms. The van der Waals surface area contributed by atoms with Crippen LogP contribution in [0.15, 0.2) is 0 Å². The van der Waals surface area contributed by atoms with Crippen LogP contribution in [-0.2, 0) is 0 Å². The quantitative estimate of drug-likeness (QED) is 0.734. The molecule has 1 unspecified atom stereocenters. The smallest absolute Gasteiger partial charge is 0.314 e. The number of carbonyl (C=O) groups excluding carboxylic acids is 1. The second-order valence-electron chi connectivity index (χ2n) is 5.70. The summed E-state index contributed by atoms with van der Waals surface area (Å²) in [7, 11) is 0. The molecule has 2 aliphatic carbocycles. The van der Waals surface area contributed by atoms with E-state index in [0.717, 1.165) is 19.3 Å². The van der Waals surface area contributed by atoms with Crippen molar-refractivity contribution >= 4 is 6.03 Å². The molecule has 6 heteroatoms. The summed E-state index contributed by atoms with van der Waals surface area (Å²) in [6.45, 7) is 0.431. The lowest BCUT2D eigenvalue weighted by atomic mass is 10.1. The minimum absolute atomic E-state index is 0.0199. The summed E-state index contributed by atoms with van der Waals surface area (Å²) in [6, 6.07) is -0.415. The molecule has 0 aromatic carbocycles. The van der Waals surface area contributed by atoms with Crippen molar-refractivity contribution in [3.05, 3.63) is 0 Å². The van der Waals surface area contributed by atoms with Crippen molar-refractivity contribution in [3.8, 4) is 0 Å². The van der Waals surface area contributed by atoms with Crippen LogP contribution in [0.4, 0.5) is 13.6 Å². The second-order valence-corrected chi connectivity index (χ2v) is 5.70. The first kappa shape index (κ1) is 14.5. The molecule has 0 radical (unpaired) electrons. The molecule has 2 amide bonds. The van der Waals surface area contributed by atoms with Gasteiger partial charge in [0.1, 0.15) is 0 Å². The first-order valence-electron chi connectivity index (χ1n) is 7.06. The van der Waals surface area contributed by atoms with Crippen molar-refractivity contribution in [1.82, 2.24) is 10.6 Å². The van der Waals surface area contributed by atoms with E-state index < -0.39 is 17.9 Å². The maximum absolute atomic E-state index is 13.3. The van der Waals surface area contributed by atoms with Crippen LogP contribution in [0.5, 0.6) is 0 Å². The molecule has 0 heterocycles. The van der Waals surface area contributed by atoms with E-state index in [1.54, 1.807) is 0 Å².